The van der Waals surface area contributed by atoms with E-state index in [4.69, 9.17) is 0 Å². The maximum absolute atomic E-state index is 11.9. The van der Waals surface area contributed by atoms with Crippen LogP contribution in [-0.4, -0.2) is 47.0 Å². The number of nitrogens with one attached hydrogen (secondary N) is 2. The number of aromatic nitrogens is 2. The molecule has 0 aliphatic carbocycles. The molecule has 0 spiro atoms. The summed E-state index contributed by atoms with van der Waals surface area (Å²) in [6.07, 6.45) is 3.05. The SMILES string of the molecule is CC(C)CN1CC[C@H](c2nc3c([nH]2)CCCNC3=O)C1. The Morgan fingerprint density at radius 3 is 3.10 bits per heavy atom. The number of rotatable bonds is 3. The van der Waals surface area contributed by atoms with Crippen molar-refractivity contribution in [3.8, 4) is 0 Å². The van der Waals surface area contributed by atoms with Crippen LogP contribution in [-0.2, 0) is 6.42 Å². The minimum absolute atomic E-state index is 0.0166. The van der Waals surface area contributed by atoms with Gasteiger partial charge in [-0.3, -0.25) is 4.79 Å². The Labute approximate surface area is 120 Å². The summed E-state index contributed by atoms with van der Waals surface area (Å²) < 4.78 is 0. The van der Waals surface area contributed by atoms with Crippen LogP contribution < -0.4 is 5.32 Å². The van der Waals surface area contributed by atoms with E-state index >= 15 is 0 Å². The molecule has 2 N–H and O–H groups in total. The Balaban J connectivity index is 1.73. The van der Waals surface area contributed by atoms with E-state index in [-0.39, 0.29) is 5.91 Å². The Kier molecular flexibility index (Phi) is 3.78. The third-order valence-electron chi connectivity index (χ3n) is 4.18. The largest absolute Gasteiger partial charge is 0.351 e. The average Bonchev–Trinajstić information content (AvgIpc) is 2.97. The Hall–Kier alpha value is -1.36. The van der Waals surface area contributed by atoms with Crippen LogP contribution in [0.25, 0.3) is 0 Å². The molecule has 5 nitrogen and oxygen atoms in total. The maximum Gasteiger partial charge on any atom is 0.271 e. The minimum Gasteiger partial charge on any atom is -0.351 e. The first kappa shape index (κ1) is 13.6. The molecular formula is C15H24N4O. The monoisotopic (exact) mass is 276 g/mol. The molecule has 1 atom stereocenters. The van der Waals surface area contributed by atoms with Crippen molar-refractivity contribution in [1.29, 1.82) is 0 Å². The van der Waals surface area contributed by atoms with Crippen LogP contribution in [0.3, 0.4) is 0 Å². The van der Waals surface area contributed by atoms with E-state index in [2.05, 4.69) is 34.0 Å². The highest BCUT2D eigenvalue weighted by Gasteiger charge is 2.29. The van der Waals surface area contributed by atoms with Gasteiger partial charge in [0.1, 0.15) is 11.5 Å². The molecule has 1 fully saturated rings. The molecule has 0 aromatic carbocycles. The van der Waals surface area contributed by atoms with Gasteiger partial charge in [-0.15, -0.1) is 0 Å². The molecule has 1 aromatic heterocycles. The Morgan fingerprint density at radius 2 is 2.30 bits per heavy atom. The fourth-order valence-corrected chi connectivity index (χ4v) is 3.28. The van der Waals surface area contributed by atoms with Gasteiger partial charge in [0.05, 0.1) is 0 Å². The summed E-state index contributed by atoms with van der Waals surface area (Å²) in [5, 5.41) is 2.91. The second kappa shape index (κ2) is 5.56. The van der Waals surface area contributed by atoms with Gasteiger partial charge in [-0.05, 0) is 31.7 Å². The highest BCUT2D eigenvalue weighted by Crippen LogP contribution is 2.27. The van der Waals surface area contributed by atoms with Gasteiger partial charge in [0, 0.05) is 31.2 Å². The standard InChI is InChI=1S/C15H24N4O/c1-10(2)8-19-7-5-11(9-19)14-17-12-4-3-6-16-15(20)13(12)18-14/h10-11H,3-9H2,1-2H3,(H,16,20)(H,17,18)/t11-/m0/s1. The van der Waals surface area contributed by atoms with Crippen LogP contribution in [0.15, 0.2) is 0 Å². The maximum atomic E-state index is 11.9. The van der Waals surface area contributed by atoms with Crippen molar-refractivity contribution < 1.29 is 4.79 Å². The third kappa shape index (κ3) is 2.73. The molecule has 1 saturated heterocycles. The summed E-state index contributed by atoms with van der Waals surface area (Å²) in [5.74, 6) is 2.15. The lowest BCUT2D eigenvalue weighted by Gasteiger charge is -2.17. The van der Waals surface area contributed by atoms with Crippen LogP contribution >= 0.6 is 0 Å². The first-order chi connectivity index (χ1) is 9.63. The van der Waals surface area contributed by atoms with E-state index < -0.39 is 0 Å². The first-order valence-electron chi connectivity index (χ1n) is 7.73. The highest BCUT2D eigenvalue weighted by molar-refractivity contribution is 5.93. The molecule has 1 amide bonds. The lowest BCUT2D eigenvalue weighted by molar-refractivity contribution is 0.0951. The predicted octanol–water partition coefficient (Wildman–Crippen LogP) is 1.53. The summed E-state index contributed by atoms with van der Waals surface area (Å²) >= 11 is 0. The zero-order valence-corrected chi connectivity index (χ0v) is 12.4. The number of carbonyl (C=O) groups excluding carboxylic acids is 1. The number of imidazole rings is 1. The number of aromatic amines is 1. The highest BCUT2D eigenvalue weighted by atomic mass is 16.1. The normalized spacial score (nSPS) is 23.8. The van der Waals surface area contributed by atoms with E-state index in [1.54, 1.807) is 0 Å². The van der Waals surface area contributed by atoms with Gasteiger partial charge >= 0.3 is 0 Å². The average molecular weight is 276 g/mol. The van der Waals surface area contributed by atoms with Gasteiger partial charge in [0.25, 0.3) is 5.91 Å². The molecule has 110 valence electrons. The molecular weight excluding hydrogens is 252 g/mol. The molecule has 2 aliphatic heterocycles. The van der Waals surface area contributed by atoms with Crippen molar-refractivity contribution in [2.75, 3.05) is 26.2 Å². The molecule has 0 radical (unpaired) electrons. The van der Waals surface area contributed by atoms with Crippen LogP contribution in [0.2, 0.25) is 0 Å². The summed E-state index contributed by atoms with van der Waals surface area (Å²) in [6.45, 7) is 8.62. The van der Waals surface area contributed by atoms with E-state index in [1.807, 2.05) is 0 Å². The smallest absolute Gasteiger partial charge is 0.271 e. The fourth-order valence-electron chi connectivity index (χ4n) is 3.28. The molecule has 3 heterocycles. The number of hydrogen-bond acceptors (Lipinski definition) is 3. The van der Waals surface area contributed by atoms with Crippen molar-refractivity contribution in [1.82, 2.24) is 20.2 Å². The summed E-state index contributed by atoms with van der Waals surface area (Å²) in [7, 11) is 0. The summed E-state index contributed by atoms with van der Waals surface area (Å²) in [5.41, 5.74) is 1.65. The van der Waals surface area contributed by atoms with Crippen LogP contribution in [0.4, 0.5) is 0 Å². The first-order valence-corrected chi connectivity index (χ1v) is 7.73. The zero-order valence-electron chi connectivity index (χ0n) is 12.4. The van der Waals surface area contributed by atoms with Crippen LogP contribution in [0, 0.1) is 5.92 Å². The number of carbonyl (C=O) groups is 1. The van der Waals surface area contributed by atoms with E-state index in [1.165, 1.54) is 0 Å². The number of nitrogens with zero attached hydrogens (tertiary/aromatic N) is 2. The lowest BCUT2D eigenvalue weighted by Crippen LogP contribution is -2.25. The number of likely N-dealkylation sites (tertiary alicyclic amines) is 1. The van der Waals surface area contributed by atoms with Crippen molar-refractivity contribution in [3.63, 3.8) is 0 Å². The van der Waals surface area contributed by atoms with Crippen molar-refractivity contribution >= 4 is 5.91 Å². The Bertz CT molecular complexity index is 494. The number of fused-ring (bicyclic) bond motifs is 1. The van der Waals surface area contributed by atoms with Gasteiger partial charge < -0.3 is 15.2 Å². The molecule has 20 heavy (non-hydrogen) atoms. The molecule has 1 aromatic rings. The quantitative estimate of drug-likeness (QED) is 0.880. The predicted molar refractivity (Wildman–Crippen MR) is 77.9 cm³/mol. The van der Waals surface area contributed by atoms with Crippen molar-refractivity contribution in [2.24, 2.45) is 5.92 Å². The third-order valence-corrected chi connectivity index (χ3v) is 4.18. The van der Waals surface area contributed by atoms with Crippen molar-refractivity contribution in [2.45, 2.75) is 39.0 Å². The van der Waals surface area contributed by atoms with Crippen molar-refractivity contribution in [3.05, 3.63) is 17.2 Å². The van der Waals surface area contributed by atoms with Gasteiger partial charge in [-0.1, -0.05) is 13.8 Å². The summed E-state index contributed by atoms with van der Waals surface area (Å²) in [6, 6.07) is 0. The molecule has 0 saturated carbocycles. The number of amides is 1. The van der Waals surface area contributed by atoms with Gasteiger partial charge in [-0.2, -0.15) is 0 Å². The molecule has 5 heteroatoms. The zero-order chi connectivity index (χ0) is 14.1. The molecule has 0 bridgehead atoms. The number of aryl methyl sites for hydroxylation is 1. The lowest BCUT2D eigenvalue weighted by atomic mass is 10.1. The van der Waals surface area contributed by atoms with E-state index in [0.717, 1.165) is 57.0 Å². The van der Waals surface area contributed by atoms with Gasteiger partial charge in [0.2, 0.25) is 0 Å². The molecule has 0 unspecified atom stereocenters. The fraction of sp³-hybridized carbons (Fsp3) is 0.733. The molecule has 3 rings (SSSR count). The van der Waals surface area contributed by atoms with Gasteiger partial charge in [0.15, 0.2) is 0 Å². The summed E-state index contributed by atoms with van der Waals surface area (Å²) in [4.78, 5) is 22.5. The van der Waals surface area contributed by atoms with E-state index in [9.17, 15) is 4.79 Å². The number of H-pyrrole nitrogens is 1. The second-order valence-electron chi connectivity index (χ2n) is 6.45. The molecule has 2 aliphatic rings. The minimum atomic E-state index is -0.0166. The second-order valence-corrected chi connectivity index (χ2v) is 6.45. The topological polar surface area (TPSA) is 61.0 Å². The number of hydrogen-bond donors (Lipinski definition) is 2. The van der Waals surface area contributed by atoms with E-state index in [0.29, 0.717) is 17.5 Å². The van der Waals surface area contributed by atoms with Crippen LogP contribution in [0.1, 0.15) is 54.6 Å². The Morgan fingerprint density at radius 1 is 1.45 bits per heavy atom. The van der Waals surface area contributed by atoms with Crippen LogP contribution in [0.5, 0.6) is 0 Å². The van der Waals surface area contributed by atoms with Gasteiger partial charge in [-0.25, -0.2) is 4.98 Å².